The van der Waals surface area contributed by atoms with Crippen LogP contribution in [0, 0.1) is 0 Å². The summed E-state index contributed by atoms with van der Waals surface area (Å²) in [4.78, 5) is 16.2. The van der Waals surface area contributed by atoms with Crippen LogP contribution in [-0.2, 0) is 36.5 Å². The van der Waals surface area contributed by atoms with Crippen molar-refractivity contribution in [2.24, 2.45) is 0 Å². The van der Waals surface area contributed by atoms with Crippen molar-refractivity contribution < 1.29 is 25.9 Å². The molecule has 0 amide bonds. The number of fused-ring (bicyclic) bond motifs is 6. The Labute approximate surface area is 413 Å². The second-order valence-electron chi connectivity index (χ2n) is 21.2. The Kier molecular flexibility index (Phi) is 11.2. The molecule has 3 aromatic heterocycles. The van der Waals surface area contributed by atoms with Gasteiger partial charge in [0.2, 0.25) is 0 Å². The minimum Gasteiger partial charge on any atom is -0.290 e. The molecule has 71 heavy (non-hydrogen) atoms. The Bertz CT molecular complexity index is 3810. The summed E-state index contributed by atoms with van der Waals surface area (Å²) in [7, 11) is -9.08. The molecule has 0 spiro atoms. The Morgan fingerprint density at radius 3 is 0.845 bits per heavy atom. The number of benzene rings is 7. The molecule has 10 aromatic rings. The van der Waals surface area contributed by atoms with E-state index in [-0.39, 0.29) is 26.0 Å². The predicted octanol–water partition coefficient (Wildman–Crippen LogP) is 13.1. The molecule has 0 fully saturated rings. The summed E-state index contributed by atoms with van der Waals surface area (Å²) in [5, 5.41) is 0. The first-order chi connectivity index (χ1) is 33.4. The molecule has 360 valence electrons. The molecule has 12 nitrogen and oxygen atoms in total. The molecule has 0 bridgehead atoms. The molecule has 0 atom stereocenters. The molecule has 0 saturated carbocycles. The molecule has 0 unspecified atom stereocenters. The van der Waals surface area contributed by atoms with E-state index in [0.29, 0.717) is 61.9 Å². The van der Waals surface area contributed by atoms with Crippen LogP contribution < -0.4 is 0 Å². The summed E-state index contributed by atoms with van der Waals surface area (Å²) in [5.74, 6) is 1.69. The highest BCUT2D eigenvalue weighted by molar-refractivity contribution is 7.86. The molecule has 0 aliphatic heterocycles. The summed E-state index contributed by atoms with van der Waals surface area (Å²) in [6.07, 6.45) is 0. The fourth-order valence-corrected chi connectivity index (χ4v) is 10.2. The molecule has 10 rings (SSSR count). The summed E-state index contributed by atoms with van der Waals surface area (Å²) in [5.41, 5.74) is 10.7. The molecular weight excluding hydrogens is 929 g/mol. The van der Waals surface area contributed by atoms with E-state index in [1.165, 1.54) is 24.3 Å². The maximum atomic E-state index is 12.5. The third kappa shape index (κ3) is 8.54. The smallest absolute Gasteiger partial charge is 0.290 e. The fraction of sp³-hybridized carbons (Fsp3) is 0.211. The van der Waals surface area contributed by atoms with Gasteiger partial charge in [-0.2, -0.15) is 16.8 Å². The molecule has 14 heteroatoms. The van der Waals surface area contributed by atoms with E-state index in [4.69, 9.17) is 15.0 Å². The van der Waals surface area contributed by atoms with Gasteiger partial charge < -0.3 is 0 Å². The Morgan fingerprint density at radius 2 is 0.606 bits per heavy atom. The molecule has 2 N–H and O–H groups in total. The van der Waals surface area contributed by atoms with Gasteiger partial charge in [0, 0.05) is 33.8 Å². The number of para-hydroxylation sites is 1. The van der Waals surface area contributed by atoms with Crippen LogP contribution in [0.25, 0.3) is 84.3 Å². The van der Waals surface area contributed by atoms with E-state index in [1.807, 2.05) is 63.7 Å². The van der Waals surface area contributed by atoms with Gasteiger partial charge in [0.25, 0.3) is 20.2 Å². The van der Waals surface area contributed by atoms with E-state index in [1.54, 1.807) is 24.3 Å². The number of aromatic nitrogens is 6. The Hall–Kier alpha value is -7.23. The zero-order valence-electron chi connectivity index (χ0n) is 41.0. The Morgan fingerprint density at radius 1 is 0.352 bits per heavy atom. The third-order valence-corrected chi connectivity index (χ3v) is 14.9. The van der Waals surface area contributed by atoms with E-state index < -0.39 is 20.2 Å². The summed E-state index contributed by atoms with van der Waals surface area (Å²) in [6.45, 7) is 19.4. The molecule has 3 heterocycles. The van der Waals surface area contributed by atoms with E-state index in [2.05, 4.69) is 115 Å². The van der Waals surface area contributed by atoms with Crippen LogP contribution in [0.3, 0.4) is 0 Å². The monoisotopic (exact) mass is 982 g/mol. The SMILES string of the molecule is CC(C)(C)c1ccc(-c2nc3c(c4nc(-c5ccc(C(C)(C)C)cc5)n(-c5ccc(S(=O)(=O)O)cc5)c4c4nc(-c5ccc(C(C)(C)C)cc5)n(-c5ccc(S(=O)(=O)O)cc5)c34)n2-c2ccccc2)cc1. The van der Waals surface area contributed by atoms with Gasteiger partial charge in [0.05, 0.1) is 9.79 Å². The summed E-state index contributed by atoms with van der Waals surface area (Å²) >= 11 is 0. The van der Waals surface area contributed by atoms with Crippen molar-refractivity contribution in [2.45, 2.75) is 88.3 Å². The highest BCUT2D eigenvalue weighted by Crippen LogP contribution is 2.45. The van der Waals surface area contributed by atoms with Gasteiger partial charge in [-0.3, -0.25) is 22.8 Å². The standard InChI is InChI=1S/C57H54N6O6S2/c1-55(2,3)38-21-15-35(16-22-38)52-58-46-49(61(52)41-13-11-10-12-14-41)47-51(63(43-29-33-45(34-30-43)71(67,68)69)53(59-47)36-17-23-39(24-18-36)56(4,5)6)48-50(46)62(42-27-31-44(32-28-42)70(64,65)66)54(60-48)37-19-25-40(26-20-37)57(7,8)9/h10-34H,1-9H3,(H,64,65,66)(H,67,68,69). The van der Waals surface area contributed by atoms with Crippen LogP contribution >= 0.6 is 0 Å². The van der Waals surface area contributed by atoms with Crippen LogP contribution in [0.4, 0.5) is 0 Å². The van der Waals surface area contributed by atoms with Crippen molar-refractivity contribution in [3.63, 3.8) is 0 Å². The van der Waals surface area contributed by atoms with Crippen LogP contribution in [0.1, 0.15) is 79.0 Å². The zero-order valence-corrected chi connectivity index (χ0v) is 42.6. The number of nitrogens with zero attached hydrogens (tertiary/aromatic N) is 6. The summed E-state index contributed by atoms with van der Waals surface area (Å²) < 4.78 is 76.1. The molecular formula is C57H54N6O6S2. The second-order valence-corrected chi connectivity index (χ2v) is 24.0. The third-order valence-electron chi connectivity index (χ3n) is 13.1. The van der Waals surface area contributed by atoms with Crippen molar-refractivity contribution in [1.29, 1.82) is 0 Å². The molecule has 0 aliphatic carbocycles. The average Bonchev–Trinajstić information content (AvgIpc) is 4.03. The van der Waals surface area contributed by atoms with Gasteiger partial charge in [0.1, 0.15) is 50.6 Å². The predicted molar refractivity (Wildman–Crippen MR) is 282 cm³/mol. The van der Waals surface area contributed by atoms with Crippen molar-refractivity contribution in [1.82, 2.24) is 28.7 Å². The number of hydrogen-bond acceptors (Lipinski definition) is 7. The zero-order chi connectivity index (χ0) is 50.6. The lowest BCUT2D eigenvalue weighted by Gasteiger charge is -2.19. The Balaban J connectivity index is 1.45. The lowest BCUT2D eigenvalue weighted by Crippen LogP contribution is -2.10. The van der Waals surface area contributed by atoms with Gasteiger partial charge in [-0.25, -0.2) is 15.0 Å². The van der Waals surface area contributed by atoms with Gasteiger partial charge in [-0.05, 0) is 93.6 Å². The van der Waals surface area contributed by atoms with Crippen molar-refractivity contribution in [3.05, 3.63) is 168 Å². The minimum absolute atomic E-state index is 0.108. The van der Waals surface area contributed by atoms with E-state index in [0.717, 1.165) is 39.1 Å². The first-order valence-corrected chi connectivity index (χ1v) is 26.2. The highest BCUT2D eigenvalue weighted by atomic mass is 32.2. The quantitative estimate of drug-likeness (QED) is 0.141. The van der Waals surface area contributed by atoms with Crippen molar-refractivity contribution in [2.75, 3.05) is 0 Å². The number of imidazole rings is 3. The lowest BCUT2D eigenvalue weighted by atomic mass is 9.86. The first kappa shape index (κ1) is 47.4. The fourth-order valence-electron chi connectivity index (χ4n) is 9.22. The first-order valence-electron chi connectivity index (χ1n) is 23.3. The lowest BCUT2D eigenvalue weighted by molar-refractivity contribution is 0.481. The highest BCUT2D eigenvalue weighted by Gasteiger charge is 2.31. The molecule has 0 saturated heterocycles. The van der Waals surface area contributed by atoms with Crippen LogP contribution in [0.5, 0.6) is 0 Å². The topological polar surface area (TPSA) is 162 Å². The minimum atomic E-state index is -4.54. The number of rotatable bonds is 8. The van der Waals surface area contributed by atoms with Crippen molar-refractivity contribution in [3.8, 4) is 51.2 Å². The number of hydrogen-bond donors (Lipinski definition) is 2. The van der Waals surface area contributed by atoms with Gasteiger partial charge >= 0.3 is 0 Å². The van der Waals surface area contributed by atoms with Crippen LogP contribution in [0.15, 0.2) is 161 Å². The van der Waals surface area contributed by atoms with E-state index in [9.17, 15) is 25.9 Å². The van der Waals surface area contributed by atoms with Crippen LogP contribution in [-0.4, -0.2) is 54.6 Å². The molecule has 7 aromatic carbocycles. The molecule has 0 radical (unpaired) electrons. The maximum Gasteiger partial charge on any atom is 0.294 e. The van der Waals surface area contributed by atoms with Gasteiger partial charge in [-0.1, -0.05) is 153 Å². The maximum absolute atomic E-state index is 12.5. The van der Waals surface area contributed by atoms with Crippen molar-refractivity contribution >= 4 is 53.3 Å². The van der Waals surface area contributed by atoms with Gasteiger partial charge in [-0.15, -0.1) is 0 Å². The van der Waals surface area contributed by atoms with Crippen LogP contribution in [0.2, 0.25) is 0 Å². The normalized spacial score (nSPS) is 12.9. The van der Waals surface area contributed by atoms with Gasteiger partial charge in [0.15, 0.2) is 0 Å². The second kappa shape index (κ2) is 16.7. The average molecular weight is 983 g/mol. The molecule has 0 aliphatic rings. The largest absolute Gasteiger partial charge is 0.294 e. The van der Waals surface area contributed by atoms with E-state index >= 15 is 0 Å². The summed E-state index contributed by atoms with van der Waals surface area (Å²) in [6, 6.07) is 46.8.